The maximum Gasteiger partial charge on any atom is 0.434 e. The van der Waals surface area contributed by atoms with Crippen LogP contribution in [0.5, 0.6) is 0 Å². The van der Waals surface area contributed by atoms with E-state index in [-0.39, 0.29) is 5.55 Å². The van der Waals surface area contributed by atoms with E-state index in [0.717, 1.165) is 0 Å². The molecule has 0 bridgehead atoms. The number of hydrogen-bond acceptors (Lipinski definition) is 2. The van der Waals surface area contributed by atoms with Crippen molar-refractivity contribution in [1.29, 1.82) is 0 Å². The maximum absolute atomic E-state index is 11.5. The van der Waals surface area contributed by atoms with Gasteiger partial charge in [0.2, 0.25) is 0 Å². The second-order valence-corrected chi connectivity index (χ2v) is 1.89. The van der Waals surface area contributed by atoms with Gasteiger partial charge in [-0.15, -0.1) is 0 Å². The molecule has 0 spiro atoms. The van der Waals surface area contributed by atoms with Crippen LogP contribution in [0.1, 0.15) is 0 Å². The Balaban J connectivity index is 4.56. The summed E-state index contributed by atoms with van der Waals surface area (Å²) in [6.45, 7) is 0. The van der Waals surface area contributed by atoms with Gasteiger partial charge in [-0.25, -0.2) is 0 Å². The molecule has 72 valence electrons. The summed E-state index contributed by atoms with van der Waals surface area (Å²) in [5, 5.41) is 0. The van der Waals surface area contributed by atoms with E-state index >= 15 is 0 Å². The van der Waals surface area contributed by atoms with E-state index in [1.165, 1.54) is 0 Å². The molecule has 0 saturated carbocycles. The van der Waals surface area contributed by atoms with E-state index in [1.54, 1.807) is 0 Å². The molecule has 0 heterocycles. The second kappa shape index (κ2) is 3.46. The molecular weight excluding hydrogens is 210 g/mol. The van der Waals surface area contributed by atoms with Crippen LogP contribution >= 0.6 is 12.2 Å². The van der Waals surface area contributed by atoms with E-state index in [9.17, 15) is 26.3 Å². The van der Waals surface area contributed by atoms with Gasteiger partial charge in [-0.05, 0) is 12.2 Å². The minimum Gasteiger partial charge on any atom is -0.467 e. The lowest BCUT2D eigenvalue weighted by atomic mass is 10.3. The summed E-state index contributed by atoms with van der Waals surface area (Å²) in [7, 11) is 0. The molecule has 1 nitrogen and oxygen atoms in total. The van der Waals surface area contributed by atoms with Crippen LogP contribution in [0, 0.1) is 0 Å². The number of ether oxygens (including phenoxy) is 1. The van der Waals surface area contributed by atoms with Crippen molar-refractivity contribution in [1.82, 2.24) is 0 Å². The molecule has 0 saturated heterocycles. The molecule has 0 fully saturated rings. The van der Waals surface area contributed by atoms with Crippen LogP contribution in [-0.2, 0) is 4.74 Å². The second-order valence-electron chi connectivity index (χ2n) is 1.70. The number of rotatable bonds is 2. The number of alkyl halides is 6. The van der Waals surface area contributed by atoms with Crippen molar-refractivity contribution in [2.24, 2.45) is 0 Å². The topological polar surface area (TPSA) is 9.23 Å². The Morgan fingerprint density at radius 2 is 1.33 bits per heavy atom. The van der Waals surface area contributed by atoms with Gasteiger partial charge in [0.15, 0.2) is 0 Å². The zero-order valence-electron chi connectivity index (χ0n) is 5.24. The van der Waals surface area contributed by atoms with Crippen LogP contribution in [0.25, 0.3) is 0 Å². The highest BCUT2D eigenvalue weighted by molar-refractivity contribution is 7.78. The first-order valence-corrected chi connectivity index (χ1v) is 2.89. The summed E-state index contributed by atoms with van der Waals surface area (Å²) in [4.78, 5) is 0. The Morgan fingerprint density at radius 1 is 1.00 bits per heavy atom. The van der Waals surface area contributed by atoms with Crippen LogP contribution in [0.4, 0.5) is 26.3 Å². The Kier molecular flexibility index (Phi) is 3.31. The summed E-state index contributed by atoms with van der Waals surface area (Å²) in [6.07, 6.45) is -14.8. The van der Waals surface area contributed by atoms with Gasteiger partial charge in [0, 0.05) is 0 Å². The van der Waals surface area contributed by atoms with E-state index < -0.39 is 18.5 Å². The molecule has 0 N–H and O–H groups in total. The van der Waals surface area contributed by atoms with Gasteiger partial charge >= 0.3 is 12.4 Å². The zero-order valence-corrected chi connectivity index (χ0v) is 6.06. The van der Waals surface area contributed by atoms with Crippen molar-refractivity contribution in [3.63, 3.8) is 0 Å². The first-order chi connectivity index (χ1) is 5.19. The third-order valence-electron chi connectivity index (χ3n) is 0.786. The van der Waals surface area contributed by atoms with Gasteiger partial charge in [-0.1, -0.05) is 0 Å². The lowest BCUT2D eigenvalue weighted by Crippen LogP contribution is -2.43. The fraction of sp³-hybridized carbons (Fsp3) is 0.750. The van der Waals surface area contributed by atoms with Crippen molar-refractivity contribution >= 4 is 17.8 Å². The van der Waals surface area contributed by atoms with Gasteiger partial charge in [-0.3, -0.25) is 0 Å². The molecule has 0 radical (unpaired) electrons. The summed E-state index contributed by atoms with van der Waals surface area (Å²) in [5.74, 6) is 0. The van der Waals surface area contributed by atoms with Crippen molar-refractivity contribution in [2.45, 2.75) is 18.5 Å². The molecule has 0 aliphatic rings. The summed E-state index contributed by atoms with van der Waals surface area (Å²) < 4.78 is 72.2. The van der Waals surface area contributed by atoms with Crippen molar-refractivity contribution < 1.29 is 31.1 Å². The predicted octanol–water partition coefficient (Wildman–Crippen LogP) is 2.45. The Bertz CT molecular complexity index is 146. The number of thiocarbonyl (C=S) groups is 1. The van der Waals surface area contributed by atoms with Crippen LogP contribution in [0.2, 0.25) is 0 Å². The molecule has 0 amide bonds. The summed E-state index contributed by atoms with van der Waals surface area (Å²) in [6, 6.07) is 0. The summed E-state index contributed by atoms with van der Waals surface area (Å²) >= 11 is 3.72. The quantitative estimate of drug-likeness (QED) is 0.513. The van der Waals surface area contributed by atoms with Crippen LogP contribution in [-0.4, -0.2) is 24.0 Å². The van der Waals surface area contributed by atoms with E-state index in [2.05, 4.69) is 17.0 Å². The minimum atomic E-state index is -5.49. The largest absolute Gasteiger partial charge is 0.467 e. The average Bonchev–Trinajstić information content (AvgIpc) is 1.77. The van der Waals surface area contributed by atoms with Gasteiger partial charge in [0.25, 0.3) is 6.10 Å². The van der Waals surface area contributed by atoms with Crippen LogP contribution in [0.15, 0.2) is 0 Å². The fourth-order valence-corrected chi connectivity index (χ4v) is 0.507. The molecule has 0 atom stereocenters. The molecule has 12 heavy (non-hydrogen) atoms. The molecule has 0 aliphatic heterocycles. The third kappa shape index (κ3) is 3.24. The fourth-order valence-electron chi connectivity index (χ4n) is 0.395. The molecule has 0 rings (SSSR count). The lowest BCUT2D eigenvalue weighted by molar-refractivity contribution is -0.301. The van der Waals surface area contributed by atoms with E-state index in [0.29, 0.717) is 0 Å². The number of halogens is 6. The van der Waals surface area contributed by atoms with Gasteiger partial charge in [0.1, 0.15) is 5.55 Å². The third-order valence-corrected chi connectivity index (χ3v) is 0.897. The van der Waals surface area contributed by atoms with E-state index in [1.807, 2.05) is 0 Å². The SMILES string of the molecule is FC(F)(F)C(OC=S)C(F)(F)F. The normalized spacial score (nSPS) is 13.2. The zero-order chi connectivity index (χ0) is 9.99. The minimum absolute atomic E-state index is 0.0638. The Hall–Kier alpha value is -0.530. The van der Waals surface area contributed by atoms with Crippen LogP contribution in [0.3, 0.4) is 0 Å². The maximum atomic E-state index is 11.5. The van der Waals surface area contributed by atoms with Crippen LogP contribution < -0.4 is 0 Å². The van der Waals surface area contributed by atoms with Gasteiger partial charge < -0.3 is 4.74 Å². The van der Waals surface area contributed by atoms with Gasteiger partial charge in [0.05, 0.1) is 0 Å². The summed E-state index contributed by atoms with van der Waals surface area (Å²) in [5.41, 5.74) is -0.0638. The lowest BCUT2D eigenvalue weighted by Gasteiger charge is -2.21. The molecule has 8 heteroatoms. The van der Waals surface area contributed by atoms with Crippen molar-refractivity contribution in [3.8, 4) is 0 Å². The smallest absolute Gasteiger partial charge is 0.434 e. The molecule has 0 unspecified atom stereocenters. The first-order valence-electron chi connectivity index (χ1n) is 2.42. The Labute approximate surface area is 68.3 Å². The molecule has 0 aliphatic carbocycles. The highest BCUT2D eigenvalue weighted by atomic mass is 32.1. The molecule has 0 aromatic carbocycles. The van der Waals surface area contributed by atoms with Gasteiger partial charge in [-0.2, -0.15) is 26.3 Å². The van der Waals surface area contributed by atoms with E-state index in [4.69, 9.17) is 0 Å². The monoisotopic (exact) mass is 212 g/mol. The Morgan fingerprint density at radius 3 is 1.42 bits per heavy atom. The predicted molar refractivity (Wildman–Crippen MR) is 30.6 cm³/mol. The first kappa shape index (κ1) is 11.5. The highest BCUT2D eigenvalue weighted by Crippen LogP contribution is 2.35. The highest BCUT2D eigenvalue weighted by Gasteiger charge is 2.58. The standard InChI is InChI=1S/C4H2F6OS/c5-3(6,7)2(11-1-12)4(8,9)10/h1-2H. The van der Waals surface area contributed by atoms with Crippen molar-refractivity contribution in [3.05, 3.63) is 0 Å². The molecule has 0 aromatic rings. The molecule has 0 aromatic heterocycles. The van der Waals surface area contributed by atoms with Crippen molar-refractivity contribution in [2.75, 3.05) is 0 Å². The average molecular weight is 212 g/mol. The molecular formula is C4H2F6OS. The number of hydrogen-bond donors (Lipinski definition) is 0.